The summed E-state index contributed by atoms with van der Waals surface area (Å²) in [6.07, 6.45) is 2.39. The quantitative estimate of drug-likeness (QED) is 0.765. The highest BCUT2D eigenvalue weighted by Gasteiger charge is 2.10. The first-order valence-corrected chi connectivity index (χ1v) is 6.13. The van der Waals surface area contributed by atoms with Gasteiger partial charge in [-0.1, -0.05) is 24.9 Å². The van der Waals surface area contributed by atoms with Crippen LogP contribution >= 0.6 is 11.6 Å². The molecule has 1 aromatic rings. The summed E-state index contributed by atoms with van der Waals surface area (Å²) in [4.78, 5) is 0. The zero-order valence-electron chi connectivity index (χ0n) is 10.2. The van der Waals surface area contributed by atoms with Crippen LogP contribution in [-0.2, 0) is 0 Å². The third-order valence-electron chi connectivity index (χ3n) is 2.64. The highest BCUT2D eigenvalue weighted by atomic mass is 35.5. The van der Waals surface area contributed by atoms with E-state index in [1.54, 1.807) is 7.11 Å². The van der Waals surface area contributed by atoms with Gasteiger partial charge >= 0.3 is 0 Å². The Morgan fingerprint density at radius 1 is 1.44 bits per heavy atom. The van der Waals surface area contributed by atoms with Crippen LogP contribution in [0.4, 0.5) is 0 Å². The molecule has 0 amide bonds. The lowest BCUT2D eigenvalue weighted by molar-refractivity contribution is 0.401. The number of methoxy groups -OCH3 is 1. The van der Waals surface area contributed by atoms with Crippen LogP contribution in [0.3, 0.4) is 0 Å². The first-order valence-electron chi connectivity index (χ1n) is 5.75. The molecule has 0 spiro atoms. The van der Waals surface area contributed by atoms with E-state index in [0.717, 1.165) is 22.9 Å². The van der Waals surface area contributed by atoms with Crippen molar-refractivity contribution in [2.24, 2.45) is 0 Å². The van der Waals surface area contributed by atoms with E-state index in [-0.39, 0.29) is 6.04 Å². The second-order valence-electron chi connectivity index (χ2n) is 3.92. The maximum absolute atomic E-state index is 6.00. The van der Waals surface area contributed by atoms with Crippen LogP contribution in [0.1, 0.15) is 38.3 Å². The molecule has 3 heteroatoms. The molecule has 0 saturated carbocycles. The Labute approximate surface area is 103 Å². The molecule has 1 aromatic carbocycles. The summed E-state index contributed by atoms with van der Waals surface area (Å²) < 4.78 is 5.33. The SMILES string of the molecule is CCCCNC(C)c1cc(Cl)ccc1OC. The van der Waals surface area contributed by atoms with Gasteiger partial charge < -0.3 is 10.1 Å². The number of halogens is 1. The van der Waals surface area contributed by atoms with Crippen molar-refractivity contribution in [3.05, 3.63) is 28.8 Å². The Morgan fingerprint density at radius 3 is 2.81 bits per heavy atom. The molecule has 2 nitrogen and oxygen atoms in total. The third-order valence-corrected chi connectivity index (χ3v) is 2.87. The van der Waals surface area contributed by atoms with Crippen LogP contribution < -0.4 is 10.1 Å². The zero-order valence-corrected chi connectivity index (χ0v) is 11.0. The van der Waals surface area contributed by atoms with Crippen LogP contribution in [0.5, 0.6) is 5.75 Å². The highest BCUT2D eigenvalue weighted by molar-refractivity contribution is 6.30. The number of benzene rings is 1. The van der Waals surface area contributed by atoms with Gasteiger partial charge in [-0.05, 0) is 38.1 Å². The average molecular weight is 242 g/mol. The Bertz CT molecular complexity index is 328. The Morgan fingerprint density at radius 2 is 2.19 bits per heavy atom. The largest absolute Gasteiger partial charge is 0.496 e. The van der Waals surface area contributed by atoms with Crippen LogP contribution in [0.25, 0.3) is 0 Å². The van der Waals surface area contributed by atoms with Crippen molar-refractivity contribution in [2.75, 3.05) is 13.7 Å². The van der Waals surface area contributed by atoms with Crippen molar-refractivity contribution < 1.29 is 4.74 Å². The molecule has 0 aliphatic carbocycles. The van der Waals surface area contributed by atoms with E-state index in [0.29, 0.717) is 0 Å². The monoisotopic (exact) mass is 241 g/mol. The number of hydrogen-bond acceptors (Lipinski definition) is 2. The van der Waals surface area contributed by atoms with Crippen molar-refractivity contribution >= 4 is 11.6 Å². The van der Waals surface area contributed by atoms with E-state index < -0.39 is 0 Å². The molecule has 1 N–H and O–H groups in total. The summed E-state index contributed by atoms with van der Waals surface area (Å²) in [5, 5.41) is 4.21. The van der Waals surface area contributed by atoms with Gasteiger partial charge in [-0.15, -0.1) is 0 Å². The predicted octanol–water partition coefficient (Wildman–Crippen LogP) is 3.80. The van der Waals surface area contributed by atoms with Gasteiger partial charge in [-0.25, -0.2) is 0 Å². The van der Waals surface area contributed by atoms with Gasteiger partial charge in [-0.3, -0.25) is 0 Å². The van der Waals surface area contributed by atoms with Crippen molar-refractivity contribution in [2.45, 2.75) is 32.7 Å². The number of unbranched alkanes of at least 4 members (excludes halogenated alkanes) is 1. The van der Waals surface area contributed by atoms with E-state index in [1.807, 2.05) is 18.2 Å². The zero-order chi connectivity index (χ0) is 12.0. The number of rotatable bonds is 6. The minimum atomic E-state index is 0.264. The molecule has 0 heterocycles. The number of ether oxygens (including phenoxy) is 1. The van der Waals surface area contributed by atoms with Gasteiger partial charge in [0.1, 0.15) is 5.75 Å². The normalized spacial score (nSPS) is 12.5. The molecule has 1 atom stereocenters. The van der Waals surface area contributed by atoms with Gasteiger partial charge in [0.15, 0.2) is 0 Å². The minimum absolute atomic E-state index is 0.264. The van der Waals surface area contributed by atoms with Crippen LogP contribution in [0, 0.1) is 0 Å². The highest BCUT2D eigenvalue weighted by Crippen LogP contribution is 2.27. The van der Waals surface area contributed by atoms with Crippen molar-refractivity contribution in [1.29, 1.82) is 0 Å². The first kappa shape index (κ1) is 13.3. The molecule has 0 aliphatic rings. The molecule has 0 radical (unpaired) electrons. The van der Waals surface area contributed by atoms with E-state index in [1.165, 1.54) is 12.8 Å². The van der Waals surface area contributed by atoms with Crippen molar-refractivity contribution in [3.8, 4) is 5.75 Å². The lowest BCUT2D eigenvalue weighted by atomic mass is 10.1. The second-order valence-corrected chi connectivity index (χ2v) is 4.35. The minimum Gasteiger partial charge on any atom is -0.496 e. The summed E-state index contributed by atoms with van der Waals surface area (Å²) in [5.74, 6) is 0.890. The maximum atomic E-state index is 6.00. The number of hydrogen-bond donors (Lipinski definition) is 1. The topological polar surface area (TPSA) is 21.3 Å². The maximum Gasteiger partial charge on any atom is 0.123 e. The van der Waals surface area contributed by atoms with E-state index >= 15 is 0 Å². The van der Waals surface area contributed by atoms with E-state index in [2.05, 4.69) is 19.2 Å². The lowest BCUT2D eigenvalue weighted by Crippen LogP contribution is -2.20. The summed E-state index contributed by atoms with van der Waals surface area (Å²) in [6.45, 7) is 5.34. The molecule has 0 bridgehead atoms. The fraction of sp³-hybridized carbons (Fsp3) is 0.538. The van der Waals surface area contributed by atoms with Crippen molar-refractivity contribution in [3.63, 3.8) is 0 Å². The first-order chi connectivity index (χ1) is 7.69. The summed E-state index contributed by atoms with van der Waals surface area (Å²) in [7, 11) is 1.69. The van der Waals surface area contributed by atoms with Crippen LogP contribution in [0.2, 0.25) is 5.02 Å². The van der Waals surface area contributed by atoms with Gasteiger partial charge in [0.05, 0.1) is 7.11 Å². The molecule has 1 rings (SSSR count). The molecule has 16 heavy (non-hydrogen) atoms. The number of nitrogens with one attached hydrogen (secondary N) is 1. The lowest BCUT2D eigenvalue weighted by Gasteiger charge is -2.17. The fourth-order valence-corrected chi connectivity index (χ4v) is 1.83. The predicted molar refractivity (Wildman–Crippen MR) is 69.3 cm³/mol. The summed E-state index contributed by atoms with van der Waals surface area (Å²) >= 11 is 6.00. The summed E-state index contributed by atoms with van der Waals surface area (Å²) in [5.41, 5.74) is 1.12. The summed E-state index contributed by atoms with van der Waals surface area (Å²) in [6, 6.07) is 5.99. The Hall–Kier alpha value is -0.730. The third kappa shape index (κ3) is 3.69. The van der Waals surface area contributed by atoms with Crippen LogP contribution in [0.15, 0.2) is 18.2 Å². The smallest absolute Gasteiger partial charge is 0.123 e. The molecule has 0 fully saturated rings. The molecule has 90 valence electrons. The molecular formula is C13H20ClNO. The Kier molecular flexibility index (Phi) is 5.64. The molecule has 1 unspecified atom stereocenters. The fourth-order valence-electron chi connectivity index (χ4n) is 1.65. The molecular weight excluding hydrogens is 222 g/mol. The van der Waals surface area contributed by atoms with E-state index in [9.17, 15) is 0 Å². The average Bonchev–Trinajstić information content (AvgIpc) is 2.29. The second kappa shape index (κ2) is 6.77. The molecule has 0 aliphatic heterocycles. The molecule has 0 saturated heterocycles. The van der Waals surface area contributed by atoms with Gasteiger partial charge in [-0.2, -0.15) is 0 Å². The Balaban J connectivity index is 2.72. The molecule has 0 aromatic heterocycles. The van der Waals surface area contributed by atoms with Gasteiger partial charge in [0, 0.05) is 16.6 Å². The van der Waals surface area contributed by atoms with Crippen LogP contribution in [-0.4, -0.2) is 13.7 Å². The van der Waals surface area contributed by atoms with E-state index in [4.69, 9.17) is 16.3 Å². The van der Waals surface area contributed by atoms with Gasteiger partial charge in [0.2, 0.25) is 0 Å². The van der Waals surface area contributed by atoms with Crippen molar-refractivity contribution in [1.82, 2.24) is 5.32 Å². The standard InChI is InChI=1S/C13H20ClNO/c1-4-5-8-15-10(2)12-9-11(14)6-7-13(12)16-3/h6-7,9-10,15H,4-5,8H2,1-3H3. The van der Waals surface area contributed by atoms with Gasteiger partial charge in [0.25, 0.3) is 0 Å².